The molecule has 1 heterocycles. The summed E-state index contributed by atoms with van der Waals surface area (Å²) in [5.74, 6) is -1.18. The van der Waals surface area contributed by atoms with Crippen molar-refractivity contribution in [2.24, 2.45) is 5.92 Å². The Morgan fingerprint density at radius 1 is 1.36 bits per heavy atom. The second-order valence-corrected chi connectivity index (χ2v) is 5.27. The maximum absolute atomic E-state index is 13.7. The fraction of sp³-hybridized carbons (Fsp3) is 0.294. The molecule has 0 aliphatic carbocycles. The highest BCUT2D eigenvalue weighted by Gasteiger charge is 2.15. The third-order valence-electron chi connectivity index (χ3n) is 3.40. The summed E-state index contributed by atoms with van der Waals surface area (Å²) in [5, 5.41) is 12.1. The number of amides is 1. The minimum atomic E-state index is -0.548. The Bertz CT molecular complexity index is 632. The first-order valence-electron chi connectivity index (χ1n) is 7.15. The molecule has 1 aromatic heterocycles. The van der Waals surface area contributed by atoms with E-state index in [-0.39, 0.29) is 24.6 Å². The van der Waals surface area contributed by atoms with E-state index < -0.39 is 11.7 Å². The molecule has 2 aromatic rings. The van der Waals surface area contributed by atoms with Gasteiger partial charge in [0.2, 0.25) is 0 Å². The van der Waals surface area contributed by atoms with Crippen LogP contribution in [0.3, 0.4) is 0 Å². The zero-order valence-electron chi connectivity index (χ0n) is 12.4. The van der Waals surface area contributed by atoms with Gasteiger partial charge in [-0.05, 0) is 37.6 Å². The molecule has 2 N–H and O–H groups in total. The van der Waals surface area contributed by atoms with Crippen LogP contribution in [-0.4, -0.2) is 29.1 Å². The van der Waals surface area contributed by atoms with Crippen LogP contribution in [0, 0.1) is 18.7 Å². The SMILES string of the molecule is Cc1ccc(F)c(C(=O)NCC(CO)Cc2ccccn2)c1. The van der Waals surface area contributed by atoms with Crippen molar-refractivity contribution >= 4 is 5.91 Å². The van der Waals surface area contributed by atoms with Crippen molar-refractivity contribution in [2.75, 3.05) is 13.2 Å². The molecule has 1 unspecified atom stereocenters. The number of carbonyl (C=O) groups excluding carboxylic acids is 1. The first-order chi connectivity index (χ1) is 10.6. The van der Waals surface area contributed by atoms with E-state index in [4.69, 9.17) is 0 Å². The molecule has 4 nitrogen and oxygen atoms in total. The van der Waals surface area contributed by atoms with Gasteiger partial charge in [0.15, 0.2) is 0 Å². The van der Waals surface area contributed by atoms with Gasteiger partial charge in [-0.15, -0.1) is 0 Å². The number of benzene rings is 1. The van der Waals surface area contributed by atoms with E-state index in [9.17, 15) is 14.3 Å². The van der Waals surface area contributed by atoms with E-state index in [1.54, 1.807) is 19.2 Å². The highest BCUT2D eigenvalue weighted by molar-refractivity contribution is 5.94. The number of pyridine rings is 1. The molecule has 2 rings (SSSR count). The van der Waals surface area contributed by atoms with Gasteiger partial charge in [-0.25, -0.2) is 4.39 Å². The molecule has 0 saturated carbocycles. The second kappa shape index (κ2) is 7.66. The minimum Gasteiger partial charge on any atom is -0.396 e. The molecular formula is C17H19FN2O2. The first-order valence-corrected chi connectivity index (χ1v) is 7.15. The normalized spacial score (nSPS) is 12.0. The Morgan fingerprint density at radius 3 is 2.86 bits per heavy atom. The van der Waals surface area contributed by atoms with Gasteiger partial charge in [0, 0.05) is 31.0 Å². The van der Waals surface area contributed by atoms with Gasteiger partial charge in [0.1, 0.15) is 5.82 Å². The van der Waals surface area contributed by atoms with E-state index in [0.29, 0.717) is 6.42 Å². The summed E-state index contributed by atoms with van der Waals surface area (Å²) in [6.45, 7) is 1.99. The third kappa shape index (κ3) is 4.36. The molecule has 0 fully saturated rings. The molecule has 0 spiro atoms. The van der Waals surface area contributed by atoms with Crippen LogP contribution in [0.2, 0.25) is 0 Å². The molecule has 22 heavy (non-hydrogen) atoms. The summed E-state index contributed by atoms with van der Waals surface area (Å²) in [6, 6.07) is 9.96. The Morgan fingerprint density at radius 2 is 2.18 bits per heavy atom. The summed E-state index contributed by atoms with van der Waals surface area (Å²) in [4.78, 5) is 16.2. The Balaban J connectivity index is 1.95. The fourth-order valence-corrected chi connectivity index (χ4v) is 2.16. The maximum Gasteiger partial charge on any atom is 0.254 e. The smallest absolute Gasteiger partial charge is 0.254 e. The number of aryl methyl sites for hydroxylation is 1. The number of aliphatic hydroxyl groups excluding tert-OH is 1. The van der Waals surface area contributed by atoms with Gasteiger partial charge in [-0.1, -0.05) is 17.7 Å². The van der Waals surface area contributed by atoms with Crippen molar-refractivity contribution in [2.45, 2.75) is 13.3 Å². The van der Waals surface area contributed by atoms with Gasteiger partial charge >= 0.3 is 0 Å². The first kappa shape index (κ1) is 16.1. The fourth-order valence-electron chi connectivity index (χ4n) is 2.16. The molecule has 1 atom stereocenters. The number of nitrogens with one attached hydrogen (secondary N) is 1. The lowest BCUT2D eigenvalue weighted by molar-refractivity contribution is 0.0935. The summed E-state index contributed by atoms with van der Waals surface area (Å²) >= 11 is 0. The molecule has 1 amide bonds. The summed E-state index contributed by atoms with van der Waals surface area (Å²) in [7, 11) is 0. The van der Waals surface area contributed by atoms with Crippen LogP contribution in [0.15, 0.2) is 42.6 Å². The molecule has 116 valence electrons. The van der Waals surface area contributed by atoms with Crippen molar-refractivity contribution in [1.29, 1.82) is 0 Å². The number of hydrogen-bond donors (Lipinski definition) is 2. The summed E-state index contributed by atoms with van der Waals surface area (Å²) < 4.78 is 13.7. The quantitative estimate of drug-likeness (QED) is 0.859. The molecule has 0 radical (unpaired) electrons. The molecule has 0 bridgehead atoms. The molecule has 0 saturated heterocycles. The predicted octanol–water partition coefficient (Wildman–Crippen LogP) is 2.11. The lowest BCUT2D eigenvalue weighted by Gasteiger charge is -2.15. The Labute approximate surface area is 129 Å². The van der Waals surface area contributed by atoms with Crippen LogP contribution in [0.25, 0.3) is 0 Å². The molecule has 0 aliphatic heterocycles. The van der Waals surface area contributed by atoms with E-state index in [1.165, 1.54) is 12.1 Å². The number of hydrogen-bond acceptors (Lipinski definition) is 3. The van der Waals surface area contributed by atoms with Crippen molar-refractivity contribution in [3.05, 3.63) is 65.2 Å². The topological polar surface area (TPSA) is 62.2 Å². The standard InChI is InChI=1S/C17H19FN2O2/c1-12-5-6-16(18)15(8-12)17(22)20-10-13(11-21)9-14-4-2-3-7-19-14/h2-8,13,21H,9-11H2,1H3,(H,20,22). The number of rotatable bonds is 6. The van der Waals surface area contributed by atoms with Gasteiger partial charge in [-0.3, -0.25) is 9.78 Å². The molecule has 0 aliphatic rings. The average molecular weight is 302 g/mol. The molecular weight excluding hydrogens is 283 g/mol. The third-order valence-corrected chi connectivity index (χ3v) is 3.40. The van der Waals surface area contributed by atoms with Crippen LogP contribution in [0.1, 0.15) is 21.6 Å². The number of aliphatic hydroxyl groups is 1. The lowest BCUT2D eigenvalue weighted by Crippen LogP contribution is -2.32. The molecule has 1 aromatic carbocycles. The van der Waals surface area contributed by atoms with Gasteiger partial charge in [-0.2, -0.15) is 0 Å². The lowest BCUT2D eigenvalue weighted by atomic mass is 10.0. The minimum absolute atomic E-state index is 0.0227. The number of carbonyl (C=O) groups is 1. The van der Waals surface area contributed by atoms with Crippen LogP contribution >= 0.6 is 0 Å². The molecule has 5 heteroatoms. The van der Waals surface area contributed by atoms with Gasteiger partial charge < -0.3 is 10.4 Å². The van der Waals surface area contributed by atoms with Crippen molar-refractivity contribution in [3.8, 4) is 0 Å². The van der Waals surface area contributed by atoms with Gasteiger partial charge in [0.25, 0.3) is 5.91 Å². The predicted molar refractivity (Wildman–Crippen MR) is 82.0 cm³/mol. The van der Waals surface area contributed by atoms with Crippen LogP contribution in [0.5, 0.6) is 0 Å². The van der Waals surface area contributed by atoms with Crippen LogP contribution in [-0.2, 0) is 6.42 Å². The van der Waals surface area contributed by atoms with Crippen LogP contribution in [0.4, 0.5) is 4.39 Å². The van der Waals surface area contributed by atoms with Crippen molar-refractivity contribution < 1.29 is 14.3 Å². The van der Waals surface area contributed by atoms with Crippen molar-refractivity contribution in [3.63, 3.8) is 0 Å². The Kier molecular flexibility index (Phi) is 5.61. The van der Waals surface area contributed by atoms with E-state index in [2.05, 4.69) is 10.3 Å². The second-order valence-electron chi connectivity index (χ2n) is 5.27. The zero-order chi connectivity index (χ0) is 15.9. The maximum atomic E-state index is 13.7. The van der Waals surface area contributed by atoms with Crippen molar-refractivity contribution in [1.82, 2.24) is 10.3 Å². The van der Waals surface area contributed by atoms with E-state index in [1.807, 2.05) is 18.2 Å². The highest BCUT2D eigenvalue weighted by atomic mass is 19.1. The average Bonchev–Trinajstić information content (AvgIpc) is 2.54. The number of aromatic nitrogens is 1. The zero-order valence-corrected chi connectivity index (χ0v) is 12.4. The Hall–Kier alpha value is -2.27. The largest absolute Gasteiger partial charge is 0.396 e. The highest BCUT2D eigenvalue weighted by Crippen LogP contribution is 2.10. The number of halogens is 1. The number of nitrogens with zero attached hydrogens (tertiary/aromatic N) is 1. The summed E-state index contributed by atoms with van der Waals surface area (Å²) in [6.07, 6.45) is 2.23. The summed E-state index contributed by atoms with van der Waals surface area (Å²) in [5.41, 5.74) is 1.69. The van der Waals surface area contributed by atoms with Gasteiger partial charge in [0.05, 0.1) is 5.56 Å². The van der Waals surface area contributed by atoms with E-state index in [0.717, 1.165) is 11.3 Å². The van der Waals surface area contributed by atoms with E-state index >= 15 is 0 Å². The monoisotopic (exact) mass is 302 g/mol. The van der Waals surface area contributed by atoms with Crippen LogP contribution < -0.4 is 5.32 Å².